The van der Waals surface area contributed by atoms with Gasteiger partial charge in [-0.2, -0.15) is 0 Å². The zero-order chi connectivity index (χ0) is 35.6. The molecule has 0 aromatic carbocycles. The van der Waals surface area contributed by atoms with E-state index in [4.69, 9.17) is 28.8 Å². The first-order valence-corrected chi connectivity index (χ1v) is 14.8. The van der Waals surface area contributed by atoms with Crippen LogP contribution in [0.1, 0.15) is 127 Å². The summed E-state index contributed by atoms with van der Waals surface area (Å²) in [6.07, 6.45) is -0.580. The van der Waals surface area contributed by atoms with Crippen LogP contribution in [0.5, 0.6) is 0 Å². The van der Waals surface area contributed by atoms with Gasteiger partial charge >= 0.3 is 54.7 Å². The molecule has 4 N–H and O–H groups in total. The van der Waals surface area contributed by atoms with Gasteiger partial charge < -0.3 is 44.2 Å². The normalized spacial score (nSPS) is 10.6. The van der Waals surface area contributed by atoms with Crippen molar-refractivity contribution in [2.75, 3.05) is 19.8 Å². The van der Waals surface area contributed by atoms with Crippen LogP contribution in [-0.4, -0.2) is 87.4 Å². The van der Waals surface area contributed by atoms with Crippen LogP contribution in [0, 0.1) is 13.8 Å². The maximum Gasteiger partial charge on any atom is 1.00 e. The predicted octanol–water partition coefficient (Wildman–Crippen LogP) is 1.47. The number of hydrogen-bond donors (Lipinski definition) is 3. The zero-order valence-corrected chi connectivity index (χ0v) is 29.9. The van der Waals surface area contributed by atoms with E-state index in [2.05, 4.69) is 9.97 Å². The van der Waals surface area contributed by atoms with Crippen molar-refractivity contribution in [1.82, 2.24) is 9.97 Å². The molecule has 2 aromatic heterocycles. The average molecular weight is 675 g/mol. The number of carbonyl (C=O) groups is 6. The second kappa shape index (κ2) is 19.7. The molecule has 0 aliphatic rings. The molecule has 264 valence electrons. The average Bonchev–Trinajstić information content (AvgIpc) is 3.38. The number of hydrogen-bond acceptors (Lipinski definition) is 12. The number of aliphatic carboxylic acids is 1. The molecule has 0 aliphatic heterocycles. The third-order valence-electron chi connectivity index (χ3n) is 5.77. The van der Waals surface area contributed by atoms with Crippen LogP contribution in [0.25, 0.3) is 0 Å². The van der Waals surface area contributed by atoms with Gasteiger partial charge in [-0.15, -0.1) is 0 Å². The summed E-state index contributed by atoms with van der Waals surface area (Å²) in [6.45, 7) is 19.1. The molecular formula is C32H47LiN2O13. The molecule has 0 atom stereocenters. The smallest absolute Gasteiger partial charge is 0.870 e. The number of rotatable bonds is 11. The van der Waals surface area contributed by atoms with E-state index in [-0.39, 0.29) is 84.5 Å². The summed E-state index contributed by atoms with van der Waals surface area (Å²) in [5.41, 5.74) is 0.184. The summed E-state index contributed by atoms with van der Waals surface area (Å²) < 4.78 is 25.4. The van der Waals surface area contributed by atoms with E-state index in [1.54, 1.807) is 76.2 Å². The Balaban J connectivity index is 0. The number of carboxylic acid groups (broad SMARTS) is 1. The fraction of sp³-hybridized carbons (Fsp3) is 0.562. The number of carbonyl (C=O) groups excluding carboxylic acids is 5. The predicted molar refractivity (Wildman–Crippen MR) is 167 cm³/mol. The molecule has 0 fully saturated rings. The summed E-state index contributed by atoms with van der Waals surface area (Å²) in [5, 5.41) is 8.94. The SMILES string of the molecule is CCOC(=O)Cc1[nH]c(C(=O)OC(C)(C)C)c(C)c1C(=O)OCC.CCOC(=O)c1c(CC(=O)O)[nH]c(C(=O)OC(C)(C)C)c1C.[Li+].[OH-]. The monoisotopic (exact) mass is 674 g/mol. The molecule has 0 bridgehead atoms. The molecule has 0 unspecified atom stereocenters. The van der Waals surface area contributed by atoms with Gasteiger partial charge in [0.25, 0.3) is 0 Å². The van der Waals surface area contributed by atoms with Gasteiger partial charge in [0.15, 0.2) is 0 Å². The van der Waals surface area contributed by atoms with Crippen LogP contribution in [0.2, 0.25) is 0 Å². The van der Waals surface area contributed by atoms with E-state index in [9.17, 15) is 28.8 Å². The summed E-state index contributed by atoms with van der Waals surface area (Å²) in [5.74, 6) is -4.13. The Morgan fingerprint density at radius 3 is 1.23 bits per heavy atom. The van der Waals surface area contributed by atoms with Gasteiger partial charge in [-0.1, -0.05) is 0 Å². The molecule has 0 radical (unpaired) electrons. The Labute approximate surface area is 292 Å². The van der Waals surface area contributed by atoms with Gasteiger partial charge in [-0.05, 0) is 87.3 Å². The quantitative estimate of drug-likeness (QED) is 0.174. The molecular weight excluding hydrogens is 627 g/mol. The van der Waals surface area contributed by atoms with E-state index in [0.29, 0.717) is 11.1 Å². The van der Waals surface area contributed by atoms with Crippen LogP contribution in [0.3, 0.4) is 0 Å². The summed E-state index contributed by atoms with van der Waals surface area (Å²) in [4.78, 5) is 76.9. The zero-order valence-electron chi connectivity index (χ0n) is 29.9. The van der Waals surface area contributed by atoms with Gasteiger partial charge in [0.05, 0.1) is 43.8 Å². The van der Waals surface area contributed by atoms with Crippen molar-refractivity contribution in [2.45, 2.75) is 100 Å². The van der Waals surface area contributed by atoms with Gasteiger partial charge in [0.1, 0.15) is 22.6 Å². The van der Waals surface area contributed by atoms with Crippen LogP contribution < -0.4 is 18.9 Å². The van der Waals surface area contributed by atoms with Gasteiger partial charge in [0.2, 0.25) is 0 Å². The largest absolute Gasteiger partial charge is 1.00 e. The van der Waals surface area contributed by atoms with Crippen LogP contribution in [0.4, 0.5) is 0 Å². The maximum atomic E-state index is 12.3. The molecule has 2 rings (SSSR count). The number of ether oxygens (including phenoxy) is 5. The van der Waals surface area contributed by atoms with Crippen molar-refractivity contribution in [3.05, 3.63) is 45.0 Å². The van der Waals surface area contributed by atoms with Crippen molar-refractivity contribution >= 4 is 35.8 Å². The van der Waals surface area contributed by atoms with Crippen molar-refractivity contribution in [2.24, 2.45) is 0 Å². The molecule has 2 aromatic rings. The minimum Gasteiger partial charge on any atom is -0.870 e. The maximum absolute atomic E-state index is 12.3. The summed E-state index contributed by atoms with van der Waals surface area (Å²) >= 11 is 0. The fourth-order valence-electron chi connectivity index (χ4n) is 4.12. The third-order valence-corrected chi connectivity index (χ3v) is 5.77. The van der Waals surface area contributed by atoms with Crippen molar-refractivity contribution in [3.63, 3.8) is 0 Å². The van der Waals surface area contributed by atoms with Crippen LogP contribution >= 0.6 is 0 Å². The fourth-order valence-corrected chi connectivity index (χ4v) is 4.12. The molecule has 0 saturated heterocycles. The first-order valence-electron chi connectivity index (χ1n) is 14.8. The molecule has 0 saturated carbocycles. The van der Waals surface area contributed by atoms with E-state index < -0.39 is 53.4 Å². The number of carboxylic acids is 1. The number of H-pyrrole nitrogens is 2. The first kappa shape index (κ1) is 46.1. The molecule has 15 nitrogen and oxygen atoms in total. The van der Waals surface area contributed by atoms with E-state index in [1.165, 1.54) is 0 Å². The van der Waals surface area contributed by atoms with E-state index in [0.717, 1.165) is 0 Å². The molecule has 0 aliphatic carbocycles. The standard InChI is InChI=1S/C17H25NO6.C15H21NO6.Li.H2O/c1-7-22-12(19)9-11-13(15(20)23-8-2)10(3)14(18-11)16(21)24-17(4,5)6;1-6-21-13(19)11-8(2)12(14(20)22-15(3,4)5)16-9(11)7-10(17)18;;/h18H,7-9H2,1-6H3;16H,6-7H2,1-5H3,(H,17,18);;1H2/q;;+1;/p-1. The first-order chi connectivity index (χ1) is 21.2. The van der Waals surface area contributed by atoms with Gasteiger partial charge in [-0.25, -0.2) is 19.2 Å². The summed E-state index contributed by atoms with van der Waals surface area (Å²) in [6, 6.07) is 0. The minimum absolute atomic E-state index is 0. The Morgan fingerprint density at radius 2 is 0.938 bits per heavy atom. The second-order valence-electron chi connectivity index (χ2n) is 12.0. The van der Waals surface area contributed by atoms with Crippen molar-refractivity contribution in [1.29, 1.82) is 0 Å². The van der Waals surface area contributed by atoms with E-state index in [1.807, 2.05) is 0 Å². The second-order valence-corrected chi connectivity index (χ2v) is 12.0. The molecule has 0 spiro atoms. The third kappa shape index (κ3) is 14.0. The van der Waals surface area contributed by atoms with Crippen LogP contribution in [-0.2, 0) is 46.1 Å². The Kier molecular flexibility index (Phi) is 18.9. The topological polar surface area (TPSA) is 230 Å². The molecule has 48 heavy (non-hydrogen) atoms. The number of aromatic nitrogens is 2. The van der Waals surface area contributed by atoms with Gasteiger partial charge in [-0.3, -0.25) is 9.59 Å². The summed E-state index contributed by atoms with van der Waals surface area (Å²) in [7, 11) is 0. The van der Waals surface area contributed by atoms with Crippen molar-refractivity contribution in [3.8, 4) is 0 Å². The van der Waals surface area contributed by atoms with Crippen LogP contribution in [0.15, 0.2) is 0 Å². The molecule has 0 amide bonds. The Hall–Kier alpha value is -4.06. The number of aromatic amines is 2. The van der Waals surface area contributed by atoms with Crippen molar-refractivity contribution < 1.29 is 81.9 Å². The minimum atomic E-state index is -1.12. The Bertz CT molecular complexity index is 1440. The molecule has 16 heteroatoms. The number of esters is 5. The number of nitrogens with one attached hydrogen (secondary N) is 2. The van der Waals surface area contributed by atoms with E-state index >= 15 is 0 Å². The molecule has 2 heterocycles. The van der Waals surface area contributed by atoms with Gasteiger partial charge in [0, 0.05) is 11.4 Å². The Morgan fingerprint density at radius 1 is 0.604 bits per heavy atom.